The van der Waals surface area contributed by atoms with Gasteiger partial charge >= 0.3 is 0 Å². The molecule has 0 aromatic carbocycles. The first kappa shape index (κ1) is 36.3. The molecule has 3 N–H and O–H groups in total. The van der Waals surface area contributed by atoms with Crippen molar-refractivity contribution in [3.8, 4) is 0 Å². The van der Waals surface area contributed by atoms with Crippen molar-refractivity contribution in [3.05, 3.63) is 96.5 Å². The van der Waals surface area contributed by atoms with Crippen LogP contribution < -0.4 is 11.1 Å². The van der Waals surface area contributed by atoms with Crippen LogP contribution in [-0.4, -0.2) is 61.4 Å². The third-order valence-electron chi connectivity index (χ3n) is 6.95. The lowest BCUT2D eigenvalue weighted by molar-refractivity contribution is 0.219. The quantitative estimate of drug-likeness (QED) is 0.115. The Morgan fingerprint density at radius 3 is 2.69 bits per heavy atom. The van der Waals surface area contributed by atoms with Crippen molar-refractivity contribution >= 4 is 11.9 Å². The minimum absolute atomic E-state index is 0.156. The maximum atomic E-state index is 13.8. The zero-order valence-electron chi connectivity index (χ0n) is 26.3. The molecule has 0 aromatic heterocycles. The average Bonchev–Trinajstić information content (AvgIpc) is 2.99. The highest BCUT2D eigenvalue weighted by Crippen LogP contribution is 2.29. The number of allylic oxidation sites excluding steroid dienone is 10. The Kier molecular flexibility index (Phi) is 18.2. The fraction of sp³-hybridized carbons (Fsp3) is 0.471. The highest BCUT2D eigenvalue weighted by molar-refractivity contribution is 6.09. The Balaban J connectivity index is 3.26. The molecule has 0 spiro atoms. The average molecular weight is 583 g/mol. The maximum absolute atomic E-state index is 13.8. The predicted molar refractivity (Wildman–Crippen MR) is 178 cm³/mol. The van der Waals surface area contributed by atoms with Crippen LogP contribution in [0.2, 0.25) is 0 Å². The van der Waals surface area contributed by atoms with E-state index in [4.69, 9.17) is 10.7 Å². The van der Waals surface area contributed by atoms with Crippen LogP contribution in [-0.2, 0) is 0 Å². The molecule has 42 heavy (non-hydrogen) atoms. The topological polar surface area (TPSA) is 69.2 Å². The smallest absolute Gasteiger partial charge is 0.122 e. The van der Waals surface area contributed by atoms with Gasteiger partial charge in [0.15, 0.2) is 0 Å². The summed E-state index contributed by atoms with van der Waals surface area (Å²) >= 11 is 0. The van der Waals surface area contributed by atoms with Crippen molar-refractivity contribution in [2.24, 2.45) is 21.6 Å². The molecule has 6 nitrogen and oxygen atoms in total. The molecule has 0 saturated carbocycles. The summed E-state index contributed by atoms with van der Waals surface area (Å²) in [6, 6.07) is 0. The minimum Gasteiger partial charge on any atom is -0.405 e. The van der Waals surface area contributed by atoms with Crippen molar-refractivity contribution in [1.29, 1.82) is 0 Å². The predicted octanol–water partition coefficient (Wildman–Crippen LogP) is 7.51. The Labute approximate surface area is 253 Å². The van der Waals surface area contributed by atoms with Gasteiger partial charge in [-0.2, -0.15) is 0 Å². The van der Waals surface area contributed by atoms with Crippen LogP contribution >= 0.6 is 0 Å². The molecule has 0 radical (unpaired) electrons. The molecule has 1 rings (SSSR count). The summed E-state index contributed by atoms with van der Waals surface area (Å²) < 4.78 is 26.4. The number of hydrogen-bond acceptors (Lipinski definition) is 6. The van der Waals surface area contributed by atoms with E-state index in [2.05, 4.69) is 59.3 Å². The third-order valence-corrected chi connectivity index (χ3v) is 6.95. The van der Waals surface area contributed by atoms with E-state index in [-0.39, 0.29) is 17.9 Å². The number of rotatable bonds is 20. The van der Waals surface area contributed by atoms with Crippen molar-refractivity contribution in [3.63, 3.8) is 0 Å². The molecule has 1 heterocycles. The number of alkyl halides is 1. The number of aliphatic imine (C=N–C) groups is 2. The van der Waals surface area contributed by atoms with Crippen LogP contribution in [0.1, 0.15) is 59.8 Å². The van der Waals surface area contributed by atoms with Gasteiger partial charge in [0.05, 0.1) is 11.5 Å². The van der Waals surface area contributed by atoms with E-state index in [9.17, 15) is 8.78 Å². The first-order valence-electron chi connectivity index (χ1n) is 14.9. The van der Waals surface area contributed by atoms with E-state index >= 15 is 0 Å². The van der Waals surface area contributed by atoms with Crippen LogP contribution in [0.25, 0.3) is 0 Å². The molecule has 0 aromatic rings. The second kappa shape index (κ2) is 21.1. The van der Waals surface area contributed by atoms with Gasteiger partial charge in [-0.25, -0.2) is 8.78 Å². The molecule has 1 aliphatic rings. The molecule has 1 aliphatic heterocycles. The van der Waals surface area contributed by atoms with E-state index in [1.807, 2.05) is 27.0 Å². The number of nitrogens with zero attached hydrogens (tertiary/aromatic N) is 4. The molecule has 0 fully saturated rings. The summed E-state index contributed by atoms with van der Waals surface area (Å²) in [5, 5.41) is 3.44. The normalized spacial score (nSPS) is 16.6. The van der Waals surface area contributed by atoms with Crippen LogP contribution in [0, 0.1) is 5.92 Å². The number of halogens is 2. The molecule has 232 valence electrons. The van der Waals surface area contributed by atoms with Gasteiger partial charge in [-0.05, 0) is 68.7 Å². The van der Waals surface area contributed by atoms with Crippen molar-refractivity contribution in [2.45, 2.75) is 66.0 Å². The van der Waals surface area contributed by atoms with Crippen LogP contribution in [0.4, 0.5) is 8.78 Å². The Morgan fingerprint density at radius 2 is 2.07 bits per heavy atom. The van der Waals surface area contributed by atoms with Gasteiger partial charge in [-0.15, -0.1) is 0 Å². The highest BCUT2D eigenvalue weighted by Gasteiger charge is 2.28. The van der Waals surface area contributed by atoms with Crippen molar-refractivity contribution in [1.82, 2.24) is 15.1 Å². The Morgan fingerprint density at radius 1 is 1.31 bits per heavy atom. The molecule has 0 aliphatic carbocycles. The van der Waals surface area contributed by atoms with Gasteiger partial charge in [-0.1, -0.05) is 70.2 Å². The van der Waals surface area contributed by atoms with Gasteiger partial charge < -0.3 is 20.9 Å². The Bertz CT molecular complexity index is 1090. The van der Waals surface area contributed by atoms with Crippen LogP contribution in [0.15, 0.2) is 106 Å². The van der Waals surface area contributed by atoms with E-state index < -0.39 is 6.67 Å². The molecular formula is C34H52F2N6. The minimum atomic E-state index is -0.465. The number of nitrogens with one attached hydrogen (secondary N) is 1. The van der Waals surface area contributed by atoms with Gasteiger partial charge in [0.25, 0.3) is 0 Å². The summed E-state index contributed by atoms with van der Waals surface area (Å²) in [5.41, 5.74) is 9.56. The molecule has 0 amide bonds. The van der Waals surface area contributed by atoms with Gasteiger partial charge in [0.1, 0.15) is 25.3 Å². The standard InChI is InChI=1S/C34H52F2N6/c1-8-14-29(16-12-20-35)19-23-39-27(5)41(7)25-31(15-9-2)34-24-33(30(10-3)17-18-32(36)11-4)40-26-42(34)28(6)38-22-13-21-37/h11-14,16-18,21-22,24,28,31,39H,4-5,8-10,15,19-20,23,25-26,37H2,1-3,6-7H3/b16-12-,21-13-,29-14+,30-17+,32-18+,38-22-. The summed E-state index contributed by atoms with van der Waals surface area (Å²) in [4.78, 5) is 13.9. The fourth-order valence-electron chi connectivity index (χ4n) is 4.64. The van der Waals surface area contributed by atoms with E-state index in [1.54, 1.807) is 24.4 Å². The lowest BCUT2D eigenvalue weighted by atomic mass is 9.93. The Hall–Kier alpha value is -3.68. The molecule has 0 saturated heterocycles. The van der Waals surface area contributed by atoms with Crippen molar-refractivity contribution < 1.29 is 8.78 Å². The van der Waals surface area contributed by atoms with Gasteiger partial charge in [-0.3, -0.25) is 9.98 Å². The number of nitrogens with two attached hydrogens (primary N) is 1. The molecule has 2 unspecified atom stereocenters. The van der Waals surface area contributed by atoms with Crippen molar-refractivity contribution in [2.75, 3.05) is 33.5 Å². The zero-order valence-corrected chi connectivity index (χ0v) is 26.3. The lowest BCUT2D eigenvalue weighted by Crippen LogP contribution is -2.41. The van der Waals surface area contributed by atoms with Crippen LogP contribution in [0.3, 0.4) is 0 Å². The van der Waals surface area contributed by atoms with E-state index in [0.717, 1.165) is 60.6 Å². The van der Waals surface area contributed by atoms with E-state index in [0.29, 0.717) is 19.6 Å². The monoisotopic (exact) mass is 582 g/mol. The summed E-state index contributed by atoms with van der Waals surface area (Å²) in [6.45, 7) is 17.6. The van der Waals surface area contributed by atoms with Crippen LogP contribution in [0.5, 0.6) is 0 Å². The molecule has 8 heteroatoms. The van der Waals surface area contributed by atoms with Gasteiger partial charge in [0.2, 0.25) is 0 Å². The zero-order chi connectivity index (χ0) is 31.3. The summed E-state index contributed by atoms with van der Waals surface area (Å²) in [6.07, 6.45) is 21.1. The largest absolute Gasteiger partial charge is 0.405 e. The van der Waals surface area contributed by atoms with E-state index in [1.165, 1.54) is 18.4 Å². The fourth-order valence-corrected chi connectivity index (χ4v) is 4.64. The molecular weight excluding hydrogens is 530 g/mol. The molecule has 2 atom stereocenters. The number of hydrogen-bond donors (Lipinski definition) is 2. The highest BCUT2D eigenvalue weighted by atomic mass is 19.1. The second-order valence-corrected chi connectivity index (χ2v) is 10.1. The second-order valence-electron chi connectivity index (χ2n) is 10.1. The third kappa shape index (κ3) is 12.9. The SMILES string of the molecule is C=C/C(F)=C\C=C(/CC)C1=NCN(C(C)/N=C\C=C/N)C(C(CCC)CN(C)C(=C)NCCC(/C=C\CF)=C/CC)=C1. The lowest BCUT2D eigenvalue weighted by Gasteiger charge is -2.38. The summed E-state index contributed by atoms with van der Waals surface area (Å²) in [7, 11) is 2.04. The first-order chi connectivity index (χ1) is 20.3. The first-order valence-corrected chi connectivity index (χ1v) is 14.9. The van der Waals surface area contributed by atoms with Gasteiger partial charge in [0, 0.05) is 38.0 Å². The maximum Gasteiger partial charge on any atom is 0.122 e. The summed E-state index contributed by atoms with van der Waals surface area (Å²) in [5.74, 6) is 0.622. The molecule has 0 bridgehead atoms.